The van der Waals surface area contributed by atoms with Crippen molar-refractivity contribution in [2.45, 2.75) is 19.1 Å². The number of nitrogens with zero attached hydrogens (tertiary/aromatic N) is 1. The third-order valence-corrected chi connectivity index (χ3v) is 4.99. The van der Waals surface area contributed by atoms with Crippen molar-refractivity contribution < 1.29 is 9.53 Å². The molecule has 1 heterocycles. The smallest absolute Gasteiger partial charge is 0.253 e. The summed E-state index contributed by atoms with van der Waals surface area (Å²) in [7, 11) is 1.88. The predicted octanol–water partition coefficient (Wildman–Crippen LogP) is 3.46. The molecule has 2 aromatic rings. The molecule has 0 radical (unpaired) electrons. The molecule has 0 saturated carbocycles. The van der Waals surface area contributed by atoms with E-state index in [1.165, 1.54) is 0 Å². The highest BCUT2D eigenvalue weighted by molar-refractivity contribution is 9.10. The summed E-state index contributed by atoms with van der Waals surface area (Å²) >= 11 is 3.47. The van der Waals surface area contributed by atoms with E-state index in [1.54, 1.807) is 0 Å². The lowest BCUT2D eigenvalue weighted by Gasteiger charge is -2.23. The predicted molar refractivity (Wildman–Crippen MR) is 98.3 cm³/mol. The summed E-state index contributed by atoms with van der Waals surface area (Å²) in [4.78, 5) is 14.4. The lowest BCUT2D eigenvalue weighted by atomic mass is 10.1. The van der Waals surface area contributed by atoms with E-state index in [4.69, 9.17) is 4.74 Å². The number of para-hydroxylation sites is 1. The maximum Gasteiger partial charge on any atom is 0.253 e. The molecule has 126 valence electrons. The van der Waals surface area contributed by atoms with E-state index in [1.807, 2.05) is 60.5 Å². The molecule has 0 aliphatic carbocycles. The van der Waals surface area contributed by atoms with Gasteiger partial charge in [0, 0.05) is 25.2 Å². The van der Waals surface area contributed by atoms with Crippen LogP contribution in [0, 0.1) is 0 Å². The SMILES string of the molecule is CN(C(=O)c1ccc(COc2ccccc2Br)cc1)C1CCNC1. The maximum absolute atomic E-state index is 12.5. The van der Waals surface area contributed by atoms with Crippen molar-refractivity contribution in [3.05, 3.63) is 64.1 Å². The Morgan fingerprint density at radius 2 is 2.00 bits per heavy atom. The summed E-state index contributed by atoms with van der Waals surface area (Å²) in [6, 6.07) is 15.7. The molecule has 1 amide bonds. The molecule has 1 fully saturated rings. The number of benzene rings is 2. The average molecular weight is 389 g/mol. The molecule has 3 rings (SSSR count). The van der Waals surface area contributed by atoms with Gasteiger partial charge in [0.25, 0.3) is 5.91 Å². The van der Waals surface area contributed by atoms with Crippen LogP contribution in [-0.2, 0) is 6.61 Å². The van der Waals surface area contributed by atoms with E-state index in [9.17, 15) is 4.79 Å². The molecule has 1 aliphatic heterocycles. The number of amides is 1. The number of rotatable bonds is 5. The molecule has 1 unspecified atom stereocenters. The molecule has 0 spiro atoms. The van der Waals surface area contributed by atoms with Crippen molar-refractivity contribution in [2.24, 2.45) is 0 Å². The number of hydrogen-bond donors (Lipinski definition) is 1. The Kier molecular flexibility index (Phi) is 5.53. The molecule has 1 aliphatic rings. The summed E-state index contributed by atoms with van der Waals surface area (Å²) in [5, 5.41) is 3.29. The second-order valence-electron chi connectivity index (χ2n) is 5.98. The number of nitrogens with one attached hydrogen (secondary N) is 1. The Morgan fingerprint density at radius 1 is 1.25 bits per heavy atom. The van der Waals surface area contributed by atoms with Gasteiger partial charge in [-0.05, 0) is 58.7 Å². The molecule has 0 aromatic heterocycles. The highest BCUT2D eigenvalue weighted by Crippen LogP contribution is 2.24. The third-order valence-electron chi connectivity index (χ3n) is 4.33. The van der Waals surface area contributed by atoms with E-state index in [-0.39, 0.29) is 11.9 Å². The minimum Gasteiger partial charge on any atom is -0.488 e. The van der Waals surface area contributed by atoms with Crippen molar-refractivity contribution in [3.8, 4) is 5.75 Å². The largest absolute Gasteiger partial charge is 0.488 e. The number of hydrogen-bond acceptors (Lipinski definition) is 3. The number of halogens is 1. The van der Waals surface area contributed by atoms with Gasteiger partial charge in [0.15, 0.2) is 0 Å². The van der Waals surface area contributed by atoms with Crippen LogP contribution in [0.3, 0.4) is 0 Å². The van der Waals surface area contributed by atoms with Crippen LogP contribution in [0.1, 0.15) is 22.3 Å². The van der Waals surface area contributed by atoms with Gasteiger partial charge in [-0.15, -0.1) is 0 Å². The molecule has 1 atom stereocenters. The normalized spacial score (nSPS) is 16.8. The van der Waals surface area contributed by atoms with Crippen molar-refractivity contribution in [3.63, 3.8) is 0 Å². The second kappa shape index (κ2) is 7.81. The van der Waals surface area contributed by atoms with Gasteiger partial charge in [0.2, 0.25) is 0 Å². The monoisotopic (exact) mass is 388 g/mol. The summed E-state index contributed by atoms with van der Waals surface area (Å²) in [6.45, 7) is 2.33. The Balaban J connectivity index is 1.60. The first-order valence-corrected chi connectivity index (χ1v) is 8.88. The molecule has 1 N–H and O–H groups in total. The van der Waals surface area contributed by atoms with Crippen LogP contribution < -0.4 is 10.1 Å². The fourth-order valence-electron chi connectivity index (χ4n) is 2.81. The van der Waals surface area contributed by atoms with Crippen LogP contribution in [0.4, 0.5) is 0 Å². The minimum atomic E-state index is 0.0713. The van der Waals surface area contributed by atoms with Crippen LogP contribution in [0.15, 0.2) is 53.0 Å². The number of carbonyl (C=O) groups is 1. The Bertz CT molecular complexity index is 697. The van der Waals surface area contributed by atoms with Crippen molar-refractivity contribution in [2.75, 3.05) is 20.1 Å². The van der Waals surface area contributed by atoms with Gasteiger partial charge in [-0.25, -0.2) is 0 Å². The lowest BCUT2D eigenvalue weighted by molar-refractivity contribution is 0.0743. The second-order valence-corrected chi connectivity index (χ2v) is 6.83. The fourth-order valence-corrected chi connectivity index (χ4v) is 3.21. The van der Waals surface area contributed by atoms with Crippen molar-refractivity contribution in [1.29, 1.82) is 0 Å². The highest BCUT2D eigenvalue weighted by atomic mass is 79.9. The van der Waals surface area contributed by atoms with Crippen LogP contribution in [0.5, 0.6) is 5.75 Å². The van der Waals surface area contributed by atoms with Crippen molar-refractivity contribution >= 4 is 21.8 Å². The first-order chi connectivity index (χ1) is 11.6. The third kappa shape index (κ3) is 3.97. The van der Waals surface area contributed by atoms with Gasteiger partial charge in [-0.1, -0.05) is 24.3 Å². The van der Waals surface area contributed by atoms with Gasteiger partial charge >= 0.3 is 0 Å². The fraction of sp³-hybridized carbons (Fsp3) is 0.316. The van der Waals surface area contributed by atoms with E-state index in [0.717, 1.165) is 35.3 Å². The molecular weight excluding hydrogens is 368 g/mol. The summed E-state index contributed by atoms with van der Waals surface area (Å²) in [6.07, 6.45) is 1.01. The molecule has 0 bridgehead atoms. The minimum absolute atomic E-state index is 0.0713. The zero-order chi connectivity index (χ0) is 16.9. The van der Waals surface area contributed by atoms with E-state index in [2.05, 4.69) is 21.2 Å². The van der Waals surface area contributed by atoms with E-state index >= 15 is 0 Å². The molecular formula is C19H21BrN2O2. The van der Waals surface area contributed by atoms with Crippen LogP contribution in [-0.4, -0.2) is 37.0 Å². The Labute approximate surface area is 150 Å². The molecule has 2 aromatic carbocycles. The summed E-state index contributed by atoms with van der Waals surface area (Å²) < 4.78 is 6.74. The van der Waals surface area contributed by atoms with Crippen LogP contribution in [0.25, 0.3) is 0 Å². The van der Waals surface area contributed by atoms with E-state index < -0.39 is 0 Å². The van der Waals surface area contributed by atoms with Gasteiger partial charge in [0.05, 0.1) is 4.47 Å². The number of ether oxygens (including phenoxy) is 1. The quantitative estimate of drug-likeness (QED) is 0.852. The zero-order valence-electron chi connectivity index (χ0n) is 13.7. The standard InChI is InChI=1S/C19H21BrN2O2/c1-22(16-10-11-21-12-16)19(23)15-8-6-14(7-9-15)13-24-18-5-3-2-4-17(18)20/h2-9,16,21H,10-13H2,1H3. The Morgan fingerprint density at radius 3 is 2.67 bits per heavy atom. The first-order valence-electron chi connectivity index (χ1n) is 8.09. The summed E-state index contributed by atoms with van der Waals surface area (Å²) in [5.41, 5.74) is 1.75. The van der Waals surface area contributed by atoms with Gasteiger partial charge < -0.3 is 15.0 Å². The molecule has 1 saturated heterocycles. The number of likely N-dealkylation sites (N-methyl/N-ethyl adjacent to an activating group) is 1. The molecule has 24 heavy (non-hydrogen) atoms. The molecule has 5 heteroatoms. The first kappa shape index (κ1) is 17.0. The van der Waals surface area contributed by atoms with Crippen LogP contribution in [0.2, 0.25) is 0 Å². The van der Waals surface area contributed by atoms with E-state index in [0.29, 0.717) is 12.2 Å². The van der Waals surface area contributed by atoms with Crippen LogP contribution >= 0.6 is 15.9 Å². The topological polar surface area (TPSA) is 41.6 Å². The zero-order valence-corrected chi connectivity index (χ0v) is 15.3. The molecule has 4 nitrogen and oxygen atoms in total. The van der Waals surface area contributed by atoms with Gasteiger partial charge in [-0.2, -0.15) is 0 Å². The van der Waals surface area contributed by atoms with Gasteiger partial charge in [-0.3, -0.25) is 4.79 Å². The maximum atomic E-state index is 12.5. The number of carbonyl (C=O) groups excluding carboxylic acids is 1. The van der Waals surface area contributed by atoms with Crippen molar-refractivity contribution in [1.82, 2.24) is 10.2 Å². The summed E-state index contributed by atoms with van der Waals surface area (Å²) in [5.74, 6) is 0.882. The highest BCUT2D eigenvalue weighted by Gasteiger charge is 2.23. The van der Waals surface area contributed by atoms with Gasteiger partial charge in [0.1, 0.15) is 12.4 Å². The lowest BCUT2D eigenvalue weighted by Crippen LogP contribution is -2.38. The average Bonchev–Trinajstić information content (AvgIpc) is 3.15. The Hall–Kier alpha value is -1.85.